The average Bonchev–Trinajstić information content (AvgIpc) is 2.90. The Morgan fingerprint density at radius 1 is 1.14 bits per heavy atom. The first kappa shape index (κ1) is 29.0. The minimum Gasteiger partial charge on any atom is -0.467 e. The molecule has 1 amide bonds. The molecule has 2 saturated heterocycles. The van der Waals surface area contributed by atoms with E-state index in [1.54, 1.807) is 25.1 Å². The van der Waals surface area contributed by atoms with Crippen molar-refractivity contribution >= 4 is 23.5 Å². The van der Waals surface area contributed by atoms with Gasteiger partial charge < -0.3 is 34.7 Å². The Balaban J connectivity index is 0.00000121. The minimum atomic E-state index is -0.929. The zero-order chi connectivity index (χ0) is 26.9. The minimum absolute atomic E-state index is 0.201. The maximum atomic E-state index is 13.0. The number of amides is 1. The van der Waals surface area contributed by atoms with Crippen LogP contribution in [0.5, 0.6) is 0 Å². The zero-order valence-corrected chi connectivity index (χ0v) is 22.3. The summed E-state index contributed by atoms with van der Waals surface area (Å²) in [4.78, 5) is 24.9. The predicted molar refractivity (Wildman–Crippen MR) is 138 cm³/mol. The number of ether oxygens (including phenoxy) is 5. The molecule has 2 aliphatic heterocycles. The Morgan fingerprint density at radius 2 is 1.84 bits per heavy atom. The van der Waals surface area contributed by atoms with Crippen molar-refractivity contribution in [2.45, 2.75) is 64.1 Å². The second-order valence-corrected chi connectivity index (χ2v) is 9.25. The van der Waals surface area contributed by atoms with Gasteiger partial charge in [0.25, 0.3) is 5.91 Å². The third kappa shape index (κ3) is 7.50. The van der Waals surface area contributed by atoms with Gasteiger partial charge in [-0.25, -0.2) is 4.79 Å². The molecular weight excluding hydrogens is 500 g/mol. The third-order valence-electron chi connectivity index (χ3n) is 5.83. The first-order valence-electron chi connectivity index (χ1n) is 12.3. The van der Waals surface area contributed by atoms with Crippen LogP contribution in [0.25, 0.3) is 0 Å². The van der Waals surface area contributed by atoms with Crippen molar-refractivity contribution in [2.24, 2.45) is 5.73 Å². The van der Waals surface area contributed by atoms with E-state index in [4.69, 9.17) is 41.0 Å². The van der Waals surface area contributed by atoms with Gasteiger partial charge in [0.15, 0.2) is 6.29 Å². The molecule has 2 aromatic carbocycles. The van der Waals surface area contributed by atoms with Crippen LogP contribution in [0, 0.1) is 6.92 Å². The molecular formula is C27H35ClN2O7. The van der Waals surface area contributed by atoms with Crippen LogP contribution in [-0.2, 0) is 28.5 Å². The quantitative estimate of drug-likeness (QED) is 0.540. The lowest BCUT2D eigenvalue weighted by Gasteiger charge is -2.48. The van der Waals surface area contributed by atoms with Crippen LogP contribution in [-0.4, -0.2) is 62.8 Å². The Morgan fingerprint density at radius 3 is 2.49 bits per heavy atom. The highest BCUT2D eigenvalue weighted by Gasteiger charge is 2.50. The molecule has 4 rings (SSSR count). The summed E-state index contributed by atoms with van der Waals surface area (Å²) in [5, 5.41) is 3.44. The van der Waals surface area contributed by atoms with E-state index in [0.717, 1.165) is 11.1 Å². The molecule has 10 heteroatoms. The van der Waals surface area contributed by atoms with Crippen molar-refractivity contribution in [2.75, 3.05) is 20.3 Å². The summed E-state index contributed by atoms with van der Waals surface area (Å²) < 4.78 is 28.6. The van der Waals surface area contributed by atoms with Crippen molar-refractivity contribution in [3.05, 3.63) is 70.2 Å². The molecule has 37 heavy (non-hydrogen) atoms. The van der Waals surface area contributed by atoms with E-state index >= 15 is 0 Å². The maximum absolute atomic E-state index is 13.0. The van der Waals surface area contributed by atoms with E-state index in [9.17, 15) is 9.59 Å². The fourth-order valence-corrected chi connectivity index (χ4v) is 4.14. The van der Waals surface area contributed by atoms with Crippen LogP contribution in [0.4, 0.5) is 0 Å². The van der Waals surface area contributed by atoms with E-state index in [1.807, 2.05) is 30.3 Å². The van der Waals surface area contributed by atoms with Gasteiger partial charge in [0.1, 0.15) is 31.1 Å². The highest BCUT2D eigenvalue weighted by molar-refractivity contribution is 6.31. The Kier molecular flexibility index (Phi) is 10.9. The molecule has 0 aromatic heterocycles. The van der Waals surface area contributed by atoms with Gasteiger partial charge >= 0.3 is 5.97 Å². The topological polar surface area (TPSA) is 118 Å². The number of methoxy groups -OCH3 is 1. The van der Waals surface area contributed by atoms with Crippen LogP contribution in [0.3, 0.4) is 0 Å². The number of rotatable bonds is 6. The van der Waals surface area contributed by atoms with Crippen molar-refractivity contribution in [3.63, 3.8) is 0 Å². The summed E-state index contributed by atoms with van der Waals surface area (Å²) in [6.45, 7) is 5.91. The Hall–Kier alpha value is -2.53. The first-order chi connectivity index (χ1) is 17.8. The molecule has 6 unspecified atom stereocenters. The van der Waals surface area contributed by atoms with E-state index in [-0.39, 0.29) is 19.1 Å². The third-order valence-corrected chi connectivity index (χ3v) is 6.26. The van der Waals surface area contributed by atoms with Crippen molar-refractivity contribution in [1.29, 1.82) is 0 Å². The van der Waals surface area contributed by atoms with Crippen LogP contribution >= 0.6 is 11.6 Å². The molecule has 0 spiro atoms. The molecule has 2 fully saturated rings. The molecule has 0 aliphatic carbocycles. The number of aryl methyl sites for hydroxylation is 1. The van der Waals surface area contributed by atoms with Gasteiger partial charge in [-0.05, 0) is 30.7 Å². The summed E-state index contributed by atoms with van der Waals surface area (Å²) in [7, 11) is 1.27. The number of hydrogen-bond donors (Lipinski definition) is 2. The lowest BCUT2D eigenvalue weighted by atomic mass is 9.94. The number of nitrogens with two attached hydrogens (primary N) is 1. The lowest BCUT2D eigenvalue weighted by Crippen LogP contribution is -2.69. The van der Waals surface area contributed by atoms with Gasteiger partial charge in [-0.2, -0.15) is 0 Å². The first-order valence-corrected chi connectivity index (χ1v) is 12.6. The van der Waals surface area contributed by atoms with Crippen molar-refractivity contribution in [3.8, 4) is 0 Å². The second-order valence-electron chi connectivity index (χ2n) is 8.84. The average molecular weight is 535 g/mol. The van der Waals surface area contributed by atoms with E-state index in [0.29, 0.717) is 10.6 Å². The predicted octanol–water partition coefficient (Wildman–Crippen LogP) is 3.52. The van der Waals surface area contributed by atoms with Crippen molar-refractivity contribution in [1.82, 2.24) is 5.32 Å². The van der Waals surface area contributed by atoms with E-state index < -0.39 is 42.8 Å². The zero-order valence-electron chi connectivity index (χ0n) is 21.5. The molecule has 2 aliphatic rings. The standard InChI is InChI=1S/C24H27ClN2O7.C3H8/c1-13-10-15(8-9-16(13)25)23(29)27-19-21(31-12-18(28)30-2)20-17(33-22(19)26)11-32-24(34-20)14-6-4-3-5-7-14;1-3-2/h3-10,17,19-22,24H,11-12,26H2,1-2H3,(H,27,29);3H2,1-2H3. The molecule has 0 saturated carbocycles. The normalized spacial score (nSPS) is 26.8. The number of esters is 1. The van der Waals surface area contributed by atoms with Crippen LogP contribution in [0.15, 0.2) is 48.5 Å². The monoisotopic (exact) mass is 534 g/mol. The van der Waals surface area contributed by atoms with E-state index in [1.165, 1.54) is 13.5 Å². The highest BCUT2D eigenvalue weighted by atomic mass is 35.5. The molecule has 6 atom stereocenters. The van der Waals surface area contributed by atoms with Gasteiger partial charge in [-0.15, -0.1) is 0 Å². The van der Waals surface area contributed by atoms with Crippen LogP contribution < -0.4 is 11.1 Å². The largest absolute Gasteiger partial charge is 0.467 e. The van der Waals surface area contributed by atoms with Crippen LogP contribution in [0.2, 0.25) is 5.02 Å². The Bertz CT molecular complexity index is 1040. The summed E-state index contributed by atoms with van der Waals surface area (Å²) in [5.41, 5.74) is 8.26. The number of carbonyl (C=O) groups excluding carboxylic acids is 2. The number of benzene rings is 2. The number of fused-ring (bicyclic) bond motifs is 1. The fourth-order valence-electron chi connectivity index (χ4n) is 4.02. The van der Waals surface area contributed by atoms with Crippen molar-refractivity contribution < 1.29 is 33.3 Å². The molecule has 3 N–H and O–H groups in total. The molecule has 2 heterocycles. The number of halogens is 1. The van der Waals surface area contributed by atoms with Gasteiger partial charge in [-0.3, -0.25) is 4.79 Å². The summed E-state index contributed by atoms with van der Waals surface area (Å²) >= 11 is 6.08. The molecule has 9 nitrogen and oxygen atoms in total. The number of nitrogens with one attached hydrogen (secondary N) is 1. The van der Waals surface area contributed by atoms with Gasteiger partial charge in [0, 0.05) is 16.1 Å². The molecule has 202 valence electrons. The lowest BCUT2D eigenvalue weighted by molar-refractivity contribution is -0.318. The van der Waals surface area contributed by atoms with Gasteiger partial charge in [0.05, 0.1) is 19.8 Å². The molecule has 0 radical (unpaired) electrons. The Labute approximate surface area is 222 Å². The SMILES string of the molecule is CCC.COC(=O)COC1C(NC(=O)c2ccc(Cl)c(C)c2)C(N)OC2COC(c3ccccc3)OC21. The van der Waals surface area contributed by atoms with Crippen LogP contribution in [0.1, 0.15) is 48.0 Å². The molecule has 2 aromatic rings. The van der Waals surface area contributed by atoms with E-state index in [2.05, 4.69) is 19.2 Å². The number of hydrogen-bond acceptors (Lipinski definition) is 8. The second kappa shape index (κ2) is 13.9. The maximum Gasteiger partial charge on any atom is 0.331 e. The summed E-state index contributed by atoms with van der Waals surface area (Å²) in [5.74, 6) is -0.956. The summed E-state index contributed by atoms with van der Waals surface area (Å²) in [6.07, 6.45) is -2.37. The fraction of sp³-hybridized carbons (Fsp3) is 0.481. The smallest absolute Gasteiger partial charge is 0.331 e. The highest BCUT2D eigenvalue weighted by Crippen LogP contribution is 2.34. The molecule has 0 bridgehead atoms. The van der Waals surface area contributed by atoms with Gasteiger partial charge in [-0.1, -0.05) is 62.2 Å². The summed E-state index contributed by atoms with van der Waals surface area (Å²) in [6, 6.07) is 13.5. The number of carbonyl (C=O) groups is 2. The van der Waals surface area contributed by atoms with Gasteiger partial charge in [0.2, 0.25) is 0 Å².